The number of rotatable bonds is 4. The van der Waals surface area contributed by atoms with Gasteiger partial charge in [-0.25, -0.2) is 9.37 Å². The predicted octanol–water partition coefficient (Wildman–Crippen LogP) is 3.38. The maximum Gasteiger partial charge on any atom is 0.177 e. The van der Waals surface area contributed by atoms with Crippen molar-refractivity contribution in [2.45, 2.75) is 20.1 Å². The van der Waals surface area contributed by atoms with Crippen LogP contribution in [0.25, 0.3) is 0 Å². The minimum Gasteiger partial charge on any atom is -0.484 e. The monoisotopic (exact) mass is 298 g/mol. The minimum atomic E-state index is -0.353. The number of benzene rings is 1. The summed E-state index contributed by atoms with van der Waals surface area (Å²) in [6.45, 7) is 3.10. The van der Waals surface area contributed by atoms with Gasteiger partial charge in [-0.3, -0.25) is 0 Å². The molecule has 0 radical (unpaired) electrons. The lowest BCUT2D eigenvalue weighted by atomic mass is 10.3. The third-order valence-corrected chi connectivity index (χ3v) is 3.05. The average Bonchev–Trinajstić information content (AvgIpc) is 2.69. The normalized spacial score (nSPS) is 10.5. The smallest absolute Gasteiger partial charge is 0.177 e. The second-order valence-electron chi connectivity index (χ2n) is 3.48. The quantitative estimate of drug-likeness (QED) is 0.865. The first-order valence-corrected chi connectivity index (χ1v) is 6.09. The van der Waals surface area contributed by atoms with Crippen LogP contribution in [0.5, 0.6) is 5.75 Å². The Morgan fingerprint density at radius 2 is 2.18 bits per heavy atom. The van der Waals surface area contributed by atoms with Crippen molar-refractivity contribution in [2.24, 2.45) is 0 Å². The van der Waals surface area contributed by atoms with Crippen molar-refractivity contribution >= 4 is 15.9 Å². The third-order valence-electron chi connectivity index (χ3n) is 2.42. The minimum absolute atomic E-state index is 0.257. The van der Waals surface area contributed by atoms with Crippen LogP contribution in [0.3, 0.4) is 0 Å². The van der Waals surface area contributed by atoms with Gasteiger partial charge < -0.3 is 9.30 Å². The molecule has 0 bridgehead atoms. The fraction of sp³-hybridized carbons (Fsp3) is 0.250. The lowest BCUT2D eigenvalue weighted by Crippen LogP contribution is -2.05. The number of aromatic nitrogens is 2. The van der Waals surface area contributed by atoms with Crippen LogP contribution >= 0.6 is 15.9 Å². The molecule has 0 aliphatic rings. The summed E-state index contributed by atoms with van der Waals surface area (Å²) in [6, 6.07) is 6.36. The zero-order valence-corrected chi connectivity index (χ0v) is 10.9. The van der Waals surface area contributed by atoms with Crippen molar-refractivity contribution in [1.29, 1.82) is 0 Å². The molecule has 1 heterocycles. The molecule has 0 spiro atoms. The number of para-hydroxylation sites is 1. The fourth-order valence-corrected chi connectivity index (χ4v) is 2.13. The summed E-state index contributed by atoms with van der Waals surface area (Å²) < 4.78 is 21.5. The number of hydrogen-bond acceptors (Lipinski definition) is 2. The molecule has 0 amide bonds. The molecule has 1 aromatic carbocycles. The van der Waals surface area contributed by atoms with E-state index < -0.39 is 0 Å². The zero-order chi connectivity index (χ0) is 12.3. The van der Waals surface area contributed by atoms with Crippen LogP contribution in [-0.2, 0) is 13.2 Å². The van der Waals surface area contributed by atoms with E-state index in [1.54, 1.807) is 24.4 Å². The van der Waals surface area contributed by atoms with Gasteiger partial charge in [0.05, 0.1) is 11.9 Å². The molecule has 2 rings (SSSR count). The highest BCUT2D eigenvalue weighted by Gasteiger charge is 2.08. The first-order chi connectivity index (χ1) is 8.22. The average molecular weight is 299 g/mol. The van der Waals surface area contributed by atoms with Crippen molar-refractivity contribution in [3.05, 3.63) is 46.7 Å². The molecule has 90 valence electrons. The van der Waals surface area contributed by atoms with Crippen LogP contribution in [0.4, 0.5) is 4.39 Å². The molecular weight excluding hydrogens is 287 g/mol. The summed E-state index contributed by atoms with van der Waals surface area (Å²) in [4.78, 5) is 4.13. The summed E-state index contributed by atoms with van der Waals surface area (Å²) in [7, 11) is 0. The predicted molar refractivity (Wildman–Crippen MR) is 66.3 cm³/mol. The van der Waals surface area contributed by atoms with E-state index in [4.69, 9.17) is 4.74 Å². The topological polar surface area (TPSA) is 27.1 Å². The summed E-state index contributed by atoms with van der Waals surface area (Å²) in [5.74, 6) is -0.0957. The fourth-order valence-electron chi connectivity index (χ4n) is 1.55. The molecular formula is C12H12BrFN2O. The Bertz CT molecular complexity index is 513. The van der Waals surface area contributed by atoms with Crippen molar-refractivity contribution in [3.8, 4) is 5.75 Å². The molecule has 0 N–H and O–H groups in total. The second-order valence-corrected chi connectivity index (χ2v) is 4.19. The van der Waals surface area contributed by atoms with Crippen LogP contribution < -0.4 is 4.74 Å². The molecule has 0 aliphatic heterocycles. The van der Waals surface area contributed by atoms with E-state index in [9.17, 15) is 4.39 Å². The molecule has 0 fully saturated rings. The van der Waals surface area contributed by atoms with Crippen molar-refractivity contribution in [1.82, 2.24) is 9.55 Å². The van der Waals surface area contributed by atoms with E-state index in [1.807, 2.05) is 11.5 Å². The molecule has 2 aromatic rings. The summed E-state index contributed by atoms with van der Waals surface area (Å²) in [5.41, 5.74) is 0.905. The van der Waals surface area contributed by atoms with Gasteiger partial charge in [-0.15, -0.1) is 0 Å². The Kier molecular flexibility index (Phi) is 3.78. The molecule has 0 saturated carbocycles. The lowest BCUT2D eigenvalue weighted by molar-refractivity contribution is 0.280. The number of imidazole rings is 1. The van der Waals surface area contributed by atoms with Gasteiger partial charge >= 0.3 is 0 Å². The van der Waals surface area contributed by atoms with Crippen LogP contribution in [0.2, 0.25) is 0 Å². The Morgan fingerprint density at radius 1 is 1.41 bits per heavy atom. The van der Waals surface area contributed by atoms with E-state index in [-0.39, 0.29) is 11.6 Å². The first kappa shape index (κ1) is 12.1. The summed E-state index contributed by atoms with van der Waals surface area (Å²) in [6.07, 6.45) is 1.72. The van der Waals surface area contributed by atoms with E-state index in [2.05, 4.69) is 20.9 Å². The van der Waals surface area contributed by atoms with Gasteiger partial charge in [0.1, 0.15) is 6.61 Å². The number of ether oxygens (including phenoxy) is 1. The standard InChI is InChI=1S/C12H12BrFN2O/c1-2-16-9(7-15-12(16)13)8-17-11-6-4-3-5-10(11)14/h3-7H,2,8H2,1H3. The third kappa shape index (κ3) is 2.66. The van der Waals surface area contributed by atoms with Crippen molar-refractivity contribution in [2.75, 3.05) is 0 Å². The molecule has 5 heteroatoms. The van der Waals surface area contributed by atoms with Gasteiger partial charge in [0.25, 0.3) is 0 Å². The Balaban J connectivity index is 2.10. The zero-order valence-electron chi connectivity index (χ0n) is 9.36. The van der Waals surface area contributed by atoms with Gasteiger partial charge in [-0.2, -0.15) is 0 Å². The summed E-state index contributed by atoms with van der Waals surface area (Å²) in [5, 5.41) is 0. The Labute approximate surface area is 107 Å². The molecule has 3 nitrogen and oxygen atoms in total. The van der Waals surface area contributed by atoms with Gasteiger partial charge in [0, 0.05) is 6.54 Å². The highest BCUT2D eigenvalue weighted by atomic mass is 79.9. The Hall–Kier alpha value is -1.36. The van der Waals surface area contributed by atoms with Crippen molar-refractivity contribution < 1.29 is 9.13 Å². The van der Waals surface area contributed by atoms with E-state index in [0.717, 1.165) is 17.0 Å². The molecule has 1 aromatic heterocycles. The van der Waals surface area contributed by atoms with E-state index in [0.29, 0.717) is 6.61 Å². The first-order valence-electron chi connectivity index (χ1n) is 5.29. The second kappa shape index (κ2) is 5.31. The number of hydrogen-bond donors (Lipinski definition) is 0. The van der Waals surface area contributed by atoms with Crippen LogP contribution in [0.15, 0.2) is 35.2 Å². The van der Waals surface area contributed by atoms with Crippen molar-refractivity contribution in [3.63, 3.8) is 0 Å². The highest BCUT2D eigenvalue weighted by Crippen LogP contribution is 2.18. The van der Waals surface area contributed by atoms with E-state index in [1.165, 1.54) is 6.07 Å². The SMILES string of the molecule is CCn1c(COc2ccccc2F)cnc1Br. The van der Waals surface area contributed by atoms with Crippen LogP contribution in [-0.4, -0.2) is 9.55 Å². The number of halogens is 2. The van der Waals surface area contributed by atoms with E-state index >= 15 is 0 Å². The lowest BCUT2D eigenvalue weighted by Gasteiger charge is -2.09. The highest BCUT2D eigenvalue weighted by molar-refractivity contribution is 9.10. The molecule has 0 saturated heterocycles. The summed E-state index contributed by atoms with van der Waals surface area (Å²) >= 11 is 3.34. The van der Waals surface area contributed by atoms with Gasteiger partial charge in [0.15, 0.2) is 16.3 Å². The maximum atomic E-state index is 13.3. The molecule has 0 aliphatic carbocycles. The maximum absolute atomic E-state index is 13.3. The molecule has 0 unspecified atom stereocenters. The van der Waals surface area contributed by atoms with Crippen LogP contribution in [0.1, 0.15) is 12.6 Å². The number of nitrogens with zero attached hydrogens (tertiary/aromatic N) is 2. The molecule has 17 heavy (non-hydrogen) atoms. The van der Waals surface area contributed by atoms with Crippen LogP contribution in [0, 0.1) is 5.82 Å². The van der Waals surface area contributed by atoms with Gasteiger partial charge in [0.2, 0.25) is 0 Å². The Morgan fingerprint density at radius 3 is 2.88 bits per heavy atom. The van der Waals surface area contributed by atoms with Gasteiger partial charge in [-0.1, -0.05) is 12.1 Å². The van der Waals surface area contributed by atoms with Gasteiger partial charge in [-0.05, 0) is 35.0 Å². The largest absolute Gasteiger partial charge is 0.484 e. The molecule has 0 atom stereocenters.